The molecule has 1 unspecified atom stereocenters. The minimum atomic E-state index is -0.472. The van der Waals surface area contributed by atoms with Gasteiger partial charge in [-0.25, -0.2) is 0 Å². The van der Waals surface area contributed by atoms with Crippen molar-refractivity contribution in [2.24, 2.45) is 5.92 Å². The van der Waals surface area contributed by atoms with Gasteiger partial charge in [0.05, 0.1) is 23.9 Å². The van der Waals surface area contributed by atoms with Crippen molar-refractivity contribution in [1.29, 1.82) is 0 Å². The van der Waals surface area contributed by atoms with Crippen LogP contribution in [0.25, 0.3) is 0 Å². The smallest absolute Gasteiger partial charge is 0.310 e. The maximum absolute atomic E-state index is 12.4. The Morgan fingerprint density at radius 2 is 2.04 bits per heavy atom. The molecule has 1 saturated heterocycles. The molecule has 1 aromatic carbocycles. The van der Waals surface area contributed by atoms with Crippen molar-refractivity contribution >= 4 is 17.6 Å². The van der Waals surface area contributed by atoms with E-state index in [0.717, 1.165) is 18.4 Å². The van der Waals surface area contributed by atoms with E-state index in [-0.39, 0.29) is 29.9 Å². The van der Waals surface area contributed by atoms with E-state index in [1.807, 2.05) is 0 Å². The fourth-order valence-electron chi connectivity index (χ4n) is 2.68. The van der Waals surface area contributed by atoms with Gasteiger partial charge in [-0.3, -0.25) is 19.7 Å². The van der Waals surface area contributed by atoms with Crippen LogP contribution in [-0.4, -0.2) is 41.4 Å². The Morgan fingerprint density at radius 3 is 2.65 bits per heavy atom. The third-order valence-corrected chi connectivity index (χ3v) is 3.90. The highest BCUT2D eigenvalue weighted by atomic mass is 16.6. The summed E-state index contributed by atoms with van der Waals surface area (Å²) in [4.78, 5) is 36.0. The topological polar surface area (TPSA) is 89.8 Å². The second-order valence-electron chi connectivity index (χ2n) is 5.53. The van der Waals surface area contributed by atoms with Gasteiger partial charge in [-0.1, -0.05) is 12.1 Å². The molecule has 1 amide bonds. The van der Waals surface area contributed by atoms with Gasteiger partial charge >= 0.3 is 5.97 Å². The van der Waals surface area contributed by atoms with Gasteiger partial charge in [-0.15, -0.1) is 0 Å². The molecule has 0 N–H and O–H groups in total. The number of non-ortho nitro benzene ring substituents is 1. The van der Waals surface area contributed by atoms with E-state index in [1.165, 1.54) is 12.1 Å². The number of rotatable bonds is 5. The third-order valence-electron chi connectivity index (χ3n) is 3.90. The van der Waals surface area contributed by atoms with Crippen molar-refractivity contribution in [3.8, 4) is 0 Å². The molecule has 1 aliphatic heterocycles. The van der Waals surface area contributed by atoms with Crippen LogP contribution in [0.5, 0.6) is 0 Å². The van der Waals surface area contributed by atoms with Crippen LogP contribution in [0.1, 0.15) is 25.3 Å². The number of piperidine rings is 1. The van der Waals surface area contributed by atoms with Crippen molar-refractivity contribution in [2.45, 2.75) is 26.2 Å². The summed E-state index contributed by atoms with van der Waals surface area (Å²) in [6, 6.07) is 5.95. The van der Waals surface area contributed by atoms with Crippen LogP contribution < -0.4 is 0 Å². The van der Waals surface area contributed by atoms with Crippen LogP contribution in [0, 0.1) is 16.0 Å². The van der Waals surface area contributed by atoms with E-state index in [0.29, 0.717) is 19.7 Å². The molecule has 23 heavy (non-hydrogen) atoms. The maximum Gasteiger partial charge on any atom is 0.310 e. The van der Waals surface area contributed by atoms with Crippen molar-refractivity contribution in [3.05, 3.63) is 39.9 Å². The lowest BCUT2D eigenvalue weighted by Gasteiger charge is -2.31. The first-order valence-corrected chi connectivity index (χ1v) is 7.69. The Labute approximate surface area is 134 Å². The fraction of sp³-hybridized carbons (Fsp3) is 0.500. The van der Waals surface area contributed by atoms with E-state index in [9.17, 15) is 19.7 Å². The molecule has 0 radical (unpaired) electrons. The molecule has 1 aromatic rings. The molecule has 1 aliphatic rings. The summed E-state index contributed by atoms with van der Waals surface area (Å²) in [7, 11) is 0. The predicted molar refractivity (Wildman–Crippen MR) is 82.7 cm³/mol. The van der Waals surface area contributed by atoms with Crippen molar-refractivity contribution in [3.63, 3.8) is 0 Å². The van der Waals surface area contributed by atoms with E-state index < -0.39 is 4.92 Å². The highest BCUT2D eigenvalue weighted by Gasteiger charge is 2.29. The lowest BCUT2D eigenvalue weighted by Crippen LogP contribution is -2.43. The monoisotopic (exact) mass is 320 g/mol. The molecule has 1 heterocycles. The van der Waals surface area contributed by atoms with Gasteiger partial charge in [-0.05, 0) is 25.3 Å². The number of carbonyl (C=O) groups excluding carboxylic acids is 2. The largest absolute Gasteiger partial charge is 0.466 e. The SMILES string of the molecule is CCOC(=O)C1CCCN(C(=O)Cc2ccc([N+](=O)[O-])cc2)C1. The van der Waals surface area contributed by atoms with Gasteiger partial charge in [0.25, 0.3) is 5.69 Å². The lowest BCUT2D eigenvalue weighted by molar-refractivity contribution is -0.384. The highest BCUT2D eigenvalue weighted by Crippen LogP contribution is 2.19. The molecule has 1 atom stereocenters. The Bertz CT molecular complexity index is 585. The molecule has 0 bridgehead atoms. The molecule has 7 heteroatoms. The minimum Gasteiger partial charge on any atom is -0.466 e. The number of esters is 1. The molecule has 0 aliphatic carbocycles. The summed E-state index contributed by atoms with van der Waals surface area (Å²) >= 11 is 0. The van der Waals surface area contributed by atoms with Gasteiger partial charge < -0.3 is 9.64 Å². The Balaban J connectivity index is 1.94. The Kier molecular flexibility index (Phi) is 5.67. The third kappa shape index (κ3) is 4.51. The zero-order valence-electron chi connectivity index (χ0n) is 13.1. The molecule has 1 fully saturated rings. The second kappa shape index (κ2) is 7.71. The van der Waals surface area contributed by atoms with Crippen molar-refractivity contribution in [1.82, 2.24) is 4.90 Å². The Morgan fingerprint density at radius 1 is 1.35 bits per heavy atom. The van der Waals surface area contributed by atoms with Gasteiger partial charge in [-0.2, -0.15) is 0 Å². The molecule has 7 nitrogen and oxygen atoms in total. The first kappa shape index (κ1) is 16.9. The summed E-state index contributed by atoms with van der Waals surface area (Å²) in [6.45, 7) is 3.11. The average Bonchev–Trinajstić information content (AvgIpc) is 2.55. The number of ether oxygens (including phenoxy) is 1. The molecule has 0 saturated carbocycles. The van der Waals surface area contributed by atoms with Crippen LogP contribution >= 0.6 is 0 Å². The van der Waals surface area contributed by atoms with E-state index >= 15 is 0 Å². The number of likely N-dealkylation sites (tertiary alicyclic amines) is 1. The number of nitrogens with zero attached hydrogens (tertiary/aromatic N) is 2. The molecule has 0 spiro atoms. The number of nitro benzene ring substituents is 1. The first-order chi connectivity index (χ1) is 11.0. The van der Waals surface area contributed by atoms with Crippen LogP contribution in [0.15, 0.2) is 24.3 Å². The molecule has 0 aromatic heterocycles. The first-order valence-electron chi connectivity index (χ1n) is 7.69. The molecule has 2 rings (SSSR count). The van der Waals surface area contributed by atoms with E-state index in [1.54, 1.807) is 24.0 Å². The standard InChI is InChI=1S/C16H20N2O5/c1-2-23-16(20)13-4-3-9-17(11-13)15(19)10-12-5-7-14(8-6-12)18(21)22/h5-8,13H,2-4,9-11H2,1H3. The van der Waals surface area contributed by atoms with E-state index in [4.69, 9.17) is 4.74 Å². The van der Waals surface area contributed by atoms with Crippen LogP contribution in [0.4, 0.5) is 5.69 Å². The average molecular weight is 320 g/mol. The van der Waals surface area contributed by atoms with Crippen molar-refractivity contribution < 1.29 is 19.2 Å². The van der Waals surface area contributed by atoms with Gasteiger partial charge in [0, 0.05) is 25.2 Å². The number of hydrogen-bond acceptors (Lipinski definition) is 5. The second-order valence-corrected chi connectivity index (χ2v) is 5.53. The molecule has 124 valence electrons. The van der Waals surface area contributed by atoms with Crippen LogP contribution in [0.2, 0.25) is 0 Å². The summed E-state index contributed by atoms with van der Waals surface area (Å²) < 4.78 is 5.02. The van der Waals surface area contributed by atoms with Gasteiger partial charge in [0.15, 0.2) is 0 Å². The van der Waals surface area contributed by atoms with Crippen LogP contribution in [0.3, 0.4) is 0 Å². The summed E-state index contributed by atoms with van der Waals surface area (Å²) in [5.41, 5.74) is 0.723. The number of nitro groups is 1. The summed E-state index contributed by atoms with van der Waals surface area (Å²) in [5.74, 6) is -0.585. The number of carbonyl (C=O) groups is 2. The summed E-state index contributed by atoms with van der Waals surface area (Å²) in [5, 5.41) is 10.6. The number of amides is 1. The van der Waals surface area contributed by atoms with Crippen LogP contribution in [-0.2, 0) is 20.7 Å². The quantitative estimate of drug-likeness (QED) is 0.470. The maximum atomic E-state index is 12.4. The predicted octanol–water partition coefficient (Wildman–Crippen LogP) is 1.94. The van der Waals surface area contributed by atoms with Gasteiger partial charge in [0.1, 0.15) is 0 Å². The minimum absolute atomic E-state index is 0.00143. The van der Waals surface area contributed by atoms with E-state index in [2.05, 4.69) is 0 Å². The number of benzene rings is 1. The zero-order valence-corrected chi connectivity index (χ0v) is 13.1. The highest BCUT2D eigenvalue weighted by molar-refractivity contribution is 5.80. The fourth-order valence-corrected chi connectivity index (χ4v) is 2.68. The lowest BCUT2D eigenvalue weighted by atomic mass is 9.97. The normalized spacial score (nSPS) is 17.6. The number of hydrogen-bond donors (Lipinski definition) is 0. The molecular formula is C16H20N2O5. The molecular weight excluding hydrogens is 300 g/mol. The summed E-state index contributed by atoms with van der Waals surface area (Å²) in [6.07, 6.45) is 1.68. The van der Waals surface area contributed by atoms with Gasteiger partial charge in [0.2, 0.25) is 5.91 Å². The van der Waals surface area contributed by atoms with Crippen molar-refractivity contribution in [2.75, 3.05) is 19.7 Å². The zero-order chi connectivity index (χ0) is 16.8. The Hall–Kier alpha value is -2.44.